The summed E-state index contributed by atoms with van der Waals surface area (Å²) in [5, 5.41) is 9.61. The number of phenols is 1. The number of nitrogens with zero attached hydrogens (tertiary/aromatic N) is 1. The first-order chi connectivity index (χ1) is 8.61. The molecule has 1 aromatic rings. The van der Waals surface area contributed by atoms with Crippen molar-refractivity contribution in [2.45, 2.75) is 31.8 Å². The molecule has 1 aromatic carbocycles. The molecule has 0 radical (unpaired) electrons. The number of aromatic hydroxyl groups is 1. The summed E-state index contributed by atoms with van der Waals surface area (Å²) in [4.78, 5) is 2.39. The molecule has 2 atom stereocenters. The Balaban J connectivity index is 2.14. The van der Waals surface area contributed by atoms with Gasteiger partial charge in [0.05, 0.1) is 7.11 Å². The molecule has 0 spiro atoms. The van der Waals surface area contributed by atoms with Crippen molar-refractivity contribution >= 4 is 0 Å². The van der Waals surface area contributed by atoms with Crippen molar-refractivity contribution in [2.75, 3.05) is 20.2 Å². The van der Waals surface area contributed by atoms with Gasteiger partial charge in [-0.15, -0.1) is 0 Å². The molecule has 0 aliphatic carbocycles. The summed E-state index contributed by atoms with van der Waals surface area (Å²) in [7, 11) is 1.57. The maximum absolute atomic E-state index is 9.61. The van der Waals surface area contributed by atoms with Crippen LogP contribution in [-0.4, -0.2) is 36.2 Å². The molecule has 3 N–H and O–H groups in total. The number of piperidine rings is 1. The highest BCUT2D eigenvalue weighted by Crippen LogP contribution is 2.31. The van der Waals surface area contributed by atoms with Gasteiger partial charge in [-0.05, 0) is 44.0 Å². The van der Waals surface area contributed by atoms with Crippen LogP contribution in [-0.2, 0) is 0 Å². The van der Waals surface area contributed by atoms with E-state index in [0.717, 1.165) is 31.5 Å². The Morgan fingerprint density at radius 2 is 2.28 bits per heavy atom. The Hall–Kier alpha value is -1.26. The minimum Gasteiger partial charge on any atom is -0.504 e. The number of likely N-dealkylation sites (tertiary alicyclic amines) is 1. The van der Waals surface area contributed by atoms with Gasteiger partial charge in [-0.3, -0.25) is 4.90 Å². The summed E-state index contributed by atoms with van der Waals surface area (Å²) in [6.45, 7) is 4.19. The average molecular weight is 250 g/mol. The SMILES string of the molecule is COc1cc(C(C)N2CCCC(N)C2)ccc1O. The van der Waals surface area contributed by atoms with Crippen LogP contribution in [0.1, 0.15) is 31.4 Å². The van der Waals surface area contributed by atoms with Gasteiger partial charge in [-0.25, -0.2) is 0 Å². The molecule has 1 aliphatic heterocycles. The Bertz CT molecular complexity index is 409. The minimum absolute atomic E-state index is 0.184. The van der Waals surface area contributed by atoms with Gasteiger partial charge in [0.2, 0.25) is 0 Å². The van der Waals surface area contributed by atoms with E-state index in [1.165, 1.54) is 0 Å². The fourth-order valence-corrected chi connectivity index (χ4v) is 2.56. The van der Waals surface area contributed by atoms with Gasteiger partial charge < -0.3 is 15.6 Å². The fourth-order valence-electron chi connectivity index (χ4n) is 2.56. The van der Waals surface area contributed by atoms with Crippen LogP contribution in [0.2, 0.25) is 0 Å². The molecule has 0 bridgehead atoms. The van der Waals surface area contributed by atoms with Crippen LogP contribution in [0.25, 0.3) is 0 Å². The van der Waals surface area contributed by atoms with Crippen molar-refractivity contribution in [1.29, 1.82) is 0 Å². The summed E-state index contributed by atoms with van der Waals surface area (Å²) in [6, 6.07) is 6.11. The van der Waals surface area contributed by atoms with Crippen LogP contribution in [0.5, 0.6) is 11.5 Å². The normalized spacial score (nSPS) is 22.7. The molecule has 4 nitrogen and oxygen atoms in total. The second kappa shape index (κ2) is 5.59. The molecule has 0 amide bonds. The zero-order valence-corrected chi connectivity index (χ0v) is 11.1. The molecule has 1 fully saturated rings. The molecule has 0 aromatic heterocycles. The lowest BCUT2D eigenvalue weighted by molar-refractivity contribution is 0.159. The number of hydrogen-bond acceptors (Lipinski definition) is 4. The van der Waals surface area contributed by atoms with Crippen LogP contribution >= 0.6 is 0 Å². The van der Waals surface area contributed by atoms with Gasteiger partial charge in [0.1, 0.15) is 0 Å². The highest BCUT2D eigenvalue weighted by atomic mass is 16.5. The maximum Gasteiger partial charge on any atom is 0.160 e. The maximum atomic E-state index is 9.61. The summed E-state index contributed by atoms with van der Waals surface area (Å²) in [6.07, 6.45) is 2.27. The van der Waals surface area contributed by atoms with Crippen LogP contribution in [0.3, 0.4) is 0 Å². The zero-order valence-electron chi connectivity index (χ0n) is 11.1. The predicted molar refractivity (Wildman–Crippen MR) is 71.9 cm³/mol. The molecule has 2 rings (SSSR count). The largest absolute Gasteiger partial charge is 0.504 e. The van der Waals surface area contributed by atoms with E-state index in [2.05, 4.69) is 11.8 Å². The molecule has 0 saturated carbocycles. The summed E-state index contributed by atoms with van der Waals surface area (Å²) in [5.41, 5.74) is 7.17. The van der Waals surface area contributed by atoms with E-state index >= 15 is 0 Å². The number of benzene rings is 1. The second-order valence-electron chi connectivity index (χ2n) is 5.00. The van der Waals surface area contributed by atoms with Crippen molar-refractivity contribution < 1.29 is 9.84 Å². The van der Waals surface area contributed by atoms with Crippen LogP contribution < -0.4 is 10.5 Å². The van der Waals surface area contributed by atoms with Crippen molar-refractivity contribution in [3.05, 3.63) is 23.8 Å². The third-order valence-electron chi connectivity index (χ3n) is 3.72. The number of hydrogen-bond donors (Lipinski definition) is 2. The highest BCUT2D eigenvalue weighted by Gasteiger charge is 2.22. The summed E-state index contributed by atoms with van der Waals surface area (Å²) < 4.78 is 5.15. The molecule has 4 heteroatoms. The fraction of sp³-hybridized carbons (Fsp3) is 0.571. The summed E-state index contributed by atoms with van der Waals surface area (Å²) >= 11 is 0. The first kappa shape index (κ1) is 13.2. The number of ether oxygens (including phenoxy) is 1. The third kappa shape index (κ3) is 2.76. The van der Waals surface area contributed by atoms with E-state index in [-0.39, 0.29) is 11.8 Å². The van der Waals surface area contributed by atoms with Gasteiger partial charge in [-0.2, -0.15) is 0 Å². The first-order valence-electron chi connectivity index (χ1n) is 6.48. The highest BCUT2D eigenvalue weighted by molar-refractivity contribution is 5.42. The number of phenolic OH excluding ortho intramolecular Hbond substituents is 1. The van der Waals surface area contributed by atoms with Crippen molar-refractivity contribution in [1.82, 2.24) is 4.90 Å². The Morgan fingerprint density at radius 1 is 1.50 bits per heavy atom. The minimum atomic E-state index is 0.184. The van der Waals surface area contributed by atoms with E-state index in [9.17, 15) is 5.11 Å². The third-order valence-corrected chi connectivity index (χ3v) is 3.72. The molecule has 100 valence electrons. The Morgan fingerprint density at radius 3 is 2.94 bits per heavy atom. The Labute approximate surface area is 108 Å². The van der Waals surface area contributed by atoms with E-state index in [0.29, 0.717) is 11.8 Å². The Kier molecular flexibility index (Phi) is 4.09. The lowest BCUT2D eigenvalue weighted by Crippen LogP contribution is -2.43. The molecule has 18 heavy (non-hydrogen) atoms. The quantitative estimate of drug-likeness (QED) is 0.860. The standard InChI is InChI=1S/C14H22N2O2/c1-10(16-7-3-4-12(15)9-16)11-5-6-13(17)14(8-11)18-2/h5-6,8,10,12,17H,3-4,7,9,15H2,1-2H3. The average Bonchev–Trinajstić information content (AvgIpc) is 2.38. The summed E-state index contributed by atoms with van der Waals surface area (Å²) in [5.74, 6) is 0.712. The molecule has 1 aliphatic rings. The number of nitrogens with two attached hydrogens (primary N) is 1. The lowest BCUT2D eigenvalue weighted by Gasteiger charge is -2.35. The molecule has 2 unspecified atom stereocenters. The predicted octanol–water partition coefficient (Wildman–Crippen LogP) is 1.88. The van der Waals surface area contributed by atoms with E-state index < -0.39 is 0 Å². The van der Waals surface area contributed by atoms with Gasteiger partial charge in [0, 0.05) is 18.6 Å². The van der Waals surface area contributed by atoms with Crippen molar-refractivity contribution in [3.63, 3.8) is 0 Å². The zero-order chi connectivity index (χ0) is 13.1. The van der Waals surface area contributed by atoms with Crippen molar-refractivity contribution in [3.8, 4) is 11.5 Å². The van der Waals surface area contributed by atoms with Crippen molar-refractivity contribution in [2.24, 2.45) is 5.73 Å². The van der Waals surface area contributed by atoms with Gasteiger partial charge in [-0.1, -0.05) is 6.07 Å². The molecule has 1 saturated heterocycles. The van der Waals surface area contributed by atoms with E-state index in [4.69, 9.17) is 10.5 Å². The van der Waals surface area contributed by atoms with Crippen LogP contribution in [0.15, 0.2) is 18.2 Å². The van der Waals surface area contributed by atoms with E-state index in [1.54, 1.807) is 13.2 Å². The topological polar surface area (TPSA) is 58.7 Å². The second-order valence-corrected chi connectivity index (χ2v) is 5.00. The van der Waals surface area contributed by atoms with Gasteiger partial charge >= 0.3 is 0 Å². The van der Waals surface area contributed by atoms with Gasteiger partial charge in [0.15, 0.2) is 11.5 Å². The van der Waals surface area contributed by atoms with Gasteiger partial charge in [0.25, 0.3) is 0 Å². The smallest absolute Gasteiger partial charge is 0.160 e. The molecule has 1 heterocycles. The molecular weight excluding hydrogens is 228 g/mol. The lowest BCUT2D eigenvalue weighted by atomic mass is 10.0. The first-order valence-corrected chi connectivity index (χ1v) is 6.48. The van der Waals surface area contributed by atoms with Crippen LogP contribution in [0, 0.1) is 0 Å². The number of methoxy groups -OCH3 is 1. The number of rotatable bonds is 3. The monoisotopic (exact) mass is 250 g/mol. The van der Waals surface area contributed by atoms with E-state index in [1.807, 2.05) is 12.1 Å². The van der Waals surface area contributed by atoms with Crippen LogP contribution in [0.4, 0.5) is 0 Å². The molecular formula is C14H22N2O2.